The first kappa shape index (κ1) is 23.7. The molecular formula is C25H28N2O7. The molecular weight excluding hydrogens is 440 g/mol. The van der Waals surface area contributed by atoms with E-state index in [1.54, 1.807) is 0 Å². The minimum Gasteiger partial charge on any atom is -0.481 e. The van der Waals surface area contributed by atoms with Crippen molar-refractivity contribution in [2.45, 2.75) is 18.4 Å². The lowest BCUT2D eigenvalue weighted by Crippen LogP contribution is -2.50. The van der Waals surface area contributed by atoms with E-state index in [9.17, 15) is 14.4 Å². The van der Waals surface area contributed by atoms with Gasteiger partial charge in [0.15, 0.2) is 0 Å². The molecule has 180 valence electrons. The highest BCUT2D eigenvalue weighted by atomic mass is 16.5. The number of aliphatic carboxylic acids is 1. The summed E-state index contributed by atoms with van der Waals surface area (Å²) in [6.07, 6.45) is -0.721. The van der Waals surface area contributed by atoms with Crippen molar-refractivity contribution < 1.29 is 33.7 Å². The number of hydrogen-bond donors (Lipinski definition) is 2. The summed E-state index contributed by atoms with van der Waals surface area (Å²) in [6, 6.07) is 15.7. The molecule has 1 aliphatic carbocycles. The van der Waals surface area contributed by atoms with Gasteiger partial charge in [-0.3, -0.25) is 9.59 Å². The fourth-order valence-corrected chi connectivity index (χ4v) is 4.47. The van der Waals surface area contributed by atoms with E-state index in [0.29, 0.717) is 13.2 Å². The van der Waals surface area contributed by atoms with Crippen LogP contribution in [0.2, 0.25) is 0 Å². The van der Waals surface area contributed by atoms with Crippen molar-refractivity contribution in [3.05, 3.63) is 59.7 Å². The topological polar surface area (TPSA) is 114 Å². The predicted octanol–water partition coefficient (Wildman–Crippen LogP) is 2.24. The van der Waals surface area contributed by atoms with Gasteiger partial charge in [0, 0.05) is 19.0 Å². The number of rotatable bonds is 9. The van der Waals surface area contributed by atoms with E-state index in [4.69, 9.17) is 19.3 Å². The van der Waals surface area contributed by atoms with Crippen LogP contribution in [0, 0.1) is 0 Å². The van der Waals surface area contributed by atoms with Crippen molar-refractivity contribution in [3.8, 4) is 11.1 Å². The molecule has 0 radical (unpaired) electrons. The maximum atomic E-state index is 12.4. The normalized spacial score (nSPS) is 17.1. The Morgan fingerprint density at radius 2 is 1.74 bits per heavy atom. The van der Waals surface area contributed by atoms with E-state index in [0.717, 1.165) is 22.3 Å². The van der Waals surface area contributed by atoms with E-state index in [1.165, 1.54) is 4.90 Å². The summed E-state index contributed by atoms with van der Waals surface area (Å²) in [6.45, 7) is 1.24. The number of fused-ring (bicyclic) bond motifs is 3. The zero-order valence-corrected chi connectivity index (χ0v) is 18.8. The monoisotopic (exact) mass is 468 g/mol. The average Bonchev–Trinajstić information content (AvgIpc) is 3.16. The highest BCUT2D eigenvalue weighted by molar-refractivity contribution is 5.79. The molecule has 9 nitrogen and oxygen atoms in total. The summed E-state index contributed by atoms with van der Waals surface area (Å²) in [5.41, 5.74) is 4.61. The molecule has 2 amide bonds. The first-order valence-electron chi connectivity index (χ1n) is 11.3. The lowest BCUT2D eigenvalue weighted by molar-refractivity contribution is -0.149. The quantitative estimate of drug-likeness (QED) is 0.543. The van der Waals surface area contributed by atoms with Gasteiger partial charge in [-0.1, -0.05) is 48.5 Å². The largest absolute Gasteiger partial charge is 0.481 e. The molecule has 9 heteroatoms. The van der Waals surface area contributed by atoms with Crippen LogP contribution in [0.15, 0.2) is 48.5 Å². The second-order valence-electron chi connectivity index (χ2n) is 8.22. The van der Waals surface area contributed by atoms with Crippen molar-refractivity contribution in [3.63, 3.8) is 0 Å². The van der Waals surface area contributed by atoms with Crippen LogP contribution in [0.3, 0.4) is 0 Å². The summed E-state index contributed by atoms with van der Waals surface area (Å²) >= 11 is 0. The molecule has 1 unspecified atom stereocenters. The van der Waals surface area contributed by atoms with Crippen molar-refractivity contribution >= 4 is 18.0 Å². The number of carboxylic acids is 1. The number of ether oxygens (including phenoxy) is 3. The third-order valence-electron chi connectivity index (χ3n) is 6.04. The highest BCUT2D eigenvalue weighted by Crippen LogP contribution is 2.44. The Balaban J connectivity index is 1.18. The van der Waals surface area contributed by atoms with Crippen LogP contribution in [0.5, 0.6) is 0 Å². The standard InChI is InChI=1S/C25H28N2O7/c28-23(27-10-12-33-14-17(27)13-24(29)30)16-32-11-9-26-25(31)34-15-22-20-7-3-1-5-18(20)19-6-2-4-8-21(19)22/h1-8,17,22H,9-16H2,(H,26,31)(H,29,30). The summed E-state index contributed by atoms with van der Waals surface area (Å²) in [4.78, 5) is 37.0. The van der Waals surface area contributed by atoms with Crippen LogP contribution < -0.4 is 5.32 Å². The molecule has 1 aliphatic heterocycles. The smallest absolute Gasteiger partial charge is 0.407 e. The maximum absolute atomic E-state index is 12.4. The number of carbonyl (C=O) groups excluding carboxylic acids is 2. The number of nitrogens with one attached hydrogen (secondary N) is 1. The Labute approximate surface area is 197 Å². The predicted molar refractivity (Wildman–Crippen MR) is 122 cm³/mol. The van der Waals surface area contributed by atoms with E-state index in [-0.39, 0.29) is 51.2 Å². The molecule has 2 aromatic rings. The van der Waals surface area contributed by atoms with Crippen molar-refractivity contribution in [1.29, 1.82) is 0 Å². The fraction of sp³-hybridized carbons (Fsp3) is 0.400. The summed E-state index contributed by atoms with van der Waals surface area (Å²) in [7, 11) is 0. The Hall–Kier alpha value is -3.43. The van der Waals surface area contributed by atoms with Crippen molar-refractivity contribution in [1.82, 2.24) is 10.2 Å². The average molecular weight is 469 g/mol. The molecule has 2 N–H and O–H groups in total. The Morgan fingerprint density at radius 3 is 2.41 bits per heavy atom. The Kier molecular flexibility index (Phi) is 7.76. The summed E-state index contributed by atoms with van der Waals surface area (Å²) in [5.74, 6) is -1.29. The molecule has 0 aromatic heterocycles. The maximum Gasteiger partial charge on any atom is 0.407 e. The molecule has 1 saturated heterocycles. The SMILES string of the molecule is O=C(O)CC1COCCN1C(=O)COCCNC(=O)OCC1c2ccccc2-c2ccccc21. The second-order valence-corrected chi connectivity index (χ2v) is 8.22. The molecule has 1 fully saturated rings. The molecule has 2 aliphatic rings. The van der Waals surface area contributed by atoms with Gasteiger partial charge >= 0.3 is 12.1 Å². The van der Waals surface area contributed by atoms with Crippen LogP contribution in [0.1, 0.15) is 23.5 Å². The second kappa shape index (κ2) is 11.1. The molecule has 0 bridgehead atoms. The molecule has 0 spiro atoms. The Bertz CT molecular complexity index is 996. The zero-order chi connectivity index (χ0) is 23.9. The minimum atomic E-state index is -0.985. The number of nitrogens with zero attached hydrogens (tertiary/aromatic N) is 1. The number of morpholine rings is 1. The van der Waals surface area contributed by atoms with Gasteiger partial charge < -0.3 is 29.5 Å². The molecule has 4 rings (SSSR count). The number of carboxylic acid groups (broad SMARTS) is 1. The van der Waals surface area contributed by atoms with E-state index < -0.39 is 18.1 Å². The lowest BCUT2D eigenvalue weighted by Gasteiger charge is -2.34. The Morgan fingerprint density at radius 1 is 1.06 bits per heavy atom. The zero-order valence-electron chi connectivity index (χ0n) is 18.8. The number of alkyl carbamates (subject to hydrolysis) is 1. The van der Waals surface area contributed by atoms with E-state index in [1.807, 2.05) is 24.3 Å². The van der Waals surface area contributed by atoms with Gasteiger partial charge in [0.05, 0.1) is 32.3 Å². The van der Waals surface area contributed by atoms with Crippen LogP contribution in [-0.4, -0.2) is 80.1 Å². The minimum absolute atomic E-state index is 0.0145. The van der Waals surface area contributed by atoms with Crippen LogP contribution in [0.25, 0.3) is 11.1 Å². The third-order valence-corrected chi connectivity index (χ3v) is 6.04. The van der Waals surface area contributed by atoms with Gasteiger partial charge in [0.25, 0.3) is 0 Å². The van der Waals surface area contributed by atoms with E-state index >= 15 is 0 Å². The van der Waals surface area contributed by atoms with Gasteiger partial charge in [-0.25, -0.2) is 4.79 Å². The molecule has 1 heterocycles. The van der Waals surface area contributed by atoms with E-state index in [2.05, 4.69) is 29.6 Å². The van der Waals surface area contributed by atoms with Gasteiger partial charge in [0.1, 0.15) is 13.2 Å². The van der Waals surface area contributed by atoms with Crippen LogP contribution in [-0.2, 0) is 23.8 Å². The van der Waals surface area contributed by atoms with Gasteiger partial charge in [-0.2, -0.15) is 0 Å². The van der Waals surface area contributed by atoms with Gasteiger partial charge in [0.2, 0.25) is 5.91 Å². The third kappa shape index (κ3) is 5.55. The van der Waals surface area contributed by atoms with Crippen LogP contribution >= 0.6 is 0 Å². The number of benzene rings is 2. The van der Waals surface area contributed by atoms with Crippen molar-refractivity contribution in [2.75, 3.05) is 46.1 Å². The highest BCUT2D eigenvalue weighted by Gasteiger charge is 2.30. The van der Waals surface area contributed by atoms with Crippen LogP contribution in [0.4, 0.5) is 4.79 Å². The lowest BCUT2D eigenvalue weighted by atomic mass is 9.98. The summed E-state index contributed by atoms with van der Waals surface area (Å²) < 4.78 is 16.1. The number of hydrogen-bond acceptors (Lipinski definition) is 6. The van der Waals surface area contributed by atoms with Crippen molar-refractivity contribution in [2.24, 2.45) is 0 Å². The molecule has 2 aromatic carbocycles. The summed E-state index contributed by atoms with van der Waals surface area (Å²) in [5, 5.41) is 11.6. The fourth-order valence-electron chi connectivity index (χ4n) is 4.47. The number of amides is 2. The van der Waals surface area contributed by atoms with Gasteiger partial charge in [-0.15, -0.1) is 0 Å². The van der Waals surface area contributed by atoms with Gasteiger partial charge in [-0.05, 0) is 22.3 Å². The first-order chi connectivity index (χ1) is 16.5. The molecule has 34 heavy (non-hydrogen) atoms. The number of carbonyl (C=O) groups is 3. The molecule has 1 atom stereocenters. The molecule has 0 saturated carbocycles. The first-order valence-corrected chi connectivity index (χ1v) is 11.3.